The number of carbonyl (C=O) groups is 1. The van der Waals surface area contributed by atoms with Crippen LogP contribution in [0.3, 0.4) is 0 Å². The number of unbranched alkanes of at least 4 members (excludes halogenated alkanes) is 7. The van der Waals surface area contributed by atoms with E-state index in [1.807, 2.05) is 12.1 Å². The number of allylic oxidation sites excluding steroid dienone is 1. The summed E-state index contributed by atoms with van der Waals surface area (Å²) in [6.45, 7) is 4.41. The SMILES string of the molecule is CCCCCCCCCCC(=CCC(CC)c1ccccc1)C(=O)O. The van der Waals surface area contributed by atoms with E-state index in [0.29, 0.717) is 17.9 Å². The van der Waals surface area contributed by atoms with E-state index in [0.717, 1.165) is 25.7 Å². The largest absolute Gasteiger partial charge is 0.478 e. The molecule has 0 spiro atoms. The highest BCUT2D eigenvalue weighted by molar-refractivity contribution is 5.86. The summed E-state index contributed by atoms with van der Waals surface area (Å²) < 4.78 is 0. The number of benzene rings is 1. The lowest BCUT2D eigenvalue weighted by molar-refractivity contribution is -0.132. The highest BCUT2D eigenvalue weighted by Gasteiger charge is 2.11. The minimum atomic E-state index is -0.745. The molecule has 1 rings (SSSR count). The second-order valence-corrected chi connectivity index (χ2v) is 7.01. The van der Waals surface area contributed by atoms with E-state index in [1.54, 1.807) is 0 Å². The first kappa shape index (κ1) is 21.5. The first-order valence-electron chi connectivity index (χ1n) is 10.2. The fourth-order valence-electron chi connectivity index (χ4n) is 3.29. The molecule has 0 aliphatic rings. The Morgan fingerprint density at radius 3 is 2.12 bits per heavy atom. The van der Waals surface area contributed by atoms with E-state index in [4.69, 9.17) is 0 Å². The average Bonchev–Trinajstić information content (AvgIpc) is 2.63. The summed E-state index contributed by atoms with van der Waals surface area (Å²) >= 11 is 0. The van der Waals surface area contributed by atoms with Gasteiger partial charge < -0.3 is 5.11 Å². The quantitative estimate of drug-likeness (QED) is 0.288. The fourth-order valence-corrected chi connectivity index (χ4v) is 3.29. The Labute approximate surface area is 154 Å². The minimum Gasteiger partial charge on any atom is -0.478 e. The Bertz CT molecular complexity index is 490. The van der Waals surface area contributed by atoms with Gasteiger partial charge in [-0.25, -0.2) is 4.79 Å². The number of hydrogen-bond acceptors (Lipinski definition) is 1. The highest BCUT2D eigenvalue weighted by Crippen LogP contribution is 2.25. The first-order chi connectivity index (χ1) is 12.2. The summed E-state index contributed by atoms with van der Waals surface area (Å²) in [5, 5.41) is 9.46. The maximum atomic E-state index is 11.5. The molecule has 25 heavy (non-hydrogen) atoms. The van der Waals surface area contributed by atoms with Crippen LogP contribution in [0.25, 0.3) is 0 Å². The van der Waals surface area contributed by atoms with Crippen molar-refractivity contribution in [2.24, 2.45) is 0 Å². The molecule has 0 heterocycles. The molecule has 0 saturated heterocycles. The third-order valence-electron chi connectivity index (χ3n) is 4.99. The molecule has 1 aromatic carbocycles. The number of rotatable bonds is 14. The van der Waals surface area contributed by atoms with Crippen LogP contribution in [-0.2, 0) is 4.79 Å². The van der Waals surface area contributed by atoms with Crippen LogP contribution >= 0.6 is 0 Å². The van der Waals surface area contributed by atoms with Gasteiger partial charge >= 0.3 is 5.97 Å². The van der Waals surface area contributed by atoms with Gasteiger partial charge in [0.05, 0.1) is 0 Å². The van der Waals surface area contributed by atoms with Gasteiger partial charge in [0.15, 0.2) is 0 Å². The van der Waals surface area contributed by atoms with E-state index in [2.05, 4.69) is 38.1 Å². The summed E-state index contributed by atoms with van der Waals surface area (Å²) in [6, 6.07) is 10.4. The molecule has 1 unspecified atom stereocenters. The van der Waals surface area contributed by atoms with Crippen LogP contribution in [0.15, 0.2) is 42.0 Å². The lowest BCUT2D eigenvalue weighted by Crippen LogP contribution is -2.03. The van der Waals surface area contributed by atoms with Gasteiger partial charge in [0.2, 0.25) is 0 Å². The van der Waals surface area contributed by atoms with Crippen molar-refractivity contribution in [2.45, 2.75) is 90.4 Å². The average molecular weight is 345 g/mol. The molecular formula is C23H36O2. The van der Waals surface area contributed by atoms with E-state index in [1.165, 1.54) is 44.1 Å². The van der Waals surface area contributed by atoms with Crippen molar-refractivity contribution in [3.8, 4) is 0 Å². The molecule has 2 heteroatoms. The van der Waals surface area contributed by atoms with Crippen molar-refractivity contribution in [1.29, 1.82) is 0 Å². The molecule has 0 aromatic heterocycles. The molecule has 0 saturated carbocycles. The minimum absolute atomic E-state index is 0.411. The third kappa shape index (κ3) is 9.48. The molecule has 0 bridgehead atoms. The number of hydrogen-bond donors (Lipinski definition) is 1. The van der Waals surface area contributed by atoms with Crippen LogP contribution < -0.4 is 0 Å². The first-order valence-corrected chi connectivity index (χ1v) is 10.2. The molecule has 1 N–H and O–H groups in total. The molecule has 0 fully saturated rings. The van der Waals surface area contributed by atoms with E-state index < -0.39 is 5.97 Å². The normalized spacial score (nSPS) is 13.0. The Kier molecular flexibility index (Phi) is 11.8. The molecular weight excluding hydrogens is 308 g/mol. The van der Waals surface area contributed by atoms with Gasteiger partial charge in [-0.2, -0.15) is 0 Å². The fraction of sp³-hybridized carbons (Fsp3) is 0.609. The van der Waals surface area contributed by atoms with Gasteiger partial charge in [-0.3, -0.25) is 0 Å². The third-order valence-corrected chi connectivity index (χ3v) is 4.99. The van der Waals surface area contributed by atoms with Crippen LogP contribution in [-0.4, -0.2) is 11.1 Å². The van der Waals surface area contributed by atoms with Crippen LogP contribution in [0.2, 0.25) is 0 Å². The van der Waals surface area contributed by atoms with Gasteiger partial charge in [0.25, 0.3) is 0 Å². The predicted octanol–water partition coefficient (Wildman–Crippen LogP) is 7.11. The Morgan fingerprint density at radius 1 is 0.960 bits per heavy atom. The Hall–Kier alpha value is -1.57. The van der Waals surface area contributed by atoms with Crippen molar-refractivity contribution in [2.75, 3.05) is 0 Å². The van der Waals surface area contributed by atoms with Crippen molar-refractivity contribution in [1.82, 2.24) is 0 Å². The van der Waals surface area contributed by atoms with Crippen LogP contribution in [0.1, 0.15) is 96.0 Å². The second kappa shape index (κ2) is 13.7. The van der Waals surface area contributed by atoms with Crippen molar-refractivity contribution in [3.63, 3.8) is 0 Å². The van der Waals surface area contributed by atoms with Crippen molar-refractivity contribution >= 4 is 5.97 Å². The summed E-state index contributed by atoms with van der Waals surface area (Å²) in [6.07, 6.45) is 14.5. The topological polar surface area (TPSA) is 37.3 Å². The zero-order valence-corrected chi connectivity index (χ0v) is 16.2. The number of carboxylic acids is 1. The van der Waals surface area contributed by atoms with E-state index in [-0.39, 0.29) is 0 Å². The van der Waals surface area contributed by atoms with E-state index >= 15 is 0 Å². The summed E-state index contributed by atoms with van der Waals surface area (Å²) in [4.78, 5) is 11.5. The highest BCUT2D eigenvalue weighted by atomic mass is 16.4. The van der Waals surface area contributed by atoms with Crippen LogP contribution in [0.5, 0.6) is 0 Å². The zero-order chi connectivity index (χ0) is 18.3. The summed E-state index contributed by atoms with van der Waals surface area (Å²) in [5.41, 5.74) is 1.90. The van der Waals surface area contributed by atoms with E-state index in [9.17, 15) is 9.90 Å². The lowest BCUT2D eigenvalue weighted by Gasteiger charge is -2.13. The second-order valence-electron chi connectivity index (χ2n) is 7.01. The smallest absolute Gasteiger partial charge is 0.331 e. The van der Waals surface area contributed by atoms with Gasteiger partial charge in [-0.15, -0.1) is 0 Å². The van der Waals surface area contributed by atoms with Crippen molar-refractivity contribution < 1.29 is 9.90 Å². The Balaban J connectivity index is 2.37. The molecule has 0 aliphatic heterocycles. The Morgan fingerprint density at radius 2 is 1.56 bits per heavy atom. The van der Waals surface area contributed by atoms with Gasteiger partial charge in [0.1, 0.15) is 0 Å². The summed E-state index contributed by atoms with van der Waals surface area (Å²) in [5.74, 6) is -0.333. The molecule has 2 nitrogen and oxygen atoms in total. The molecule has 0 amide bonds. The summed E-state index contributed by atoms with van der Waals surface area (Å²) in [7, 11) is 0. The lowest BCUT2D eigenvalue weighted by atomic mass is 9.92. The molecule has 0 aliphatic carbocycles. The zero-order valence-electron chi connectivity index (χ0n) is 16.2. The van der Waals surface area contributed by atoms with Crippen LogP contribution in [0, 0.1) is 0 Å². The maximum Gasteiger partial charge on any atom is 0.331 e. The molecule has 0 radical (unpaired) electrons. The maximum absolute atomic E-state index is 11.5. The molecule has 1 atom stereocenters. The van der Waals surface area contributed by atoms with Gasteiger partial charge in [-0.1, -0.05) is 95.2 Å². The number of aliphatic carboxylic acids is 1. The van der Waals surface area contributed by atoms with Crippen LogP contribution in [0.4, 0.5) is 0 Å². The standard InChI is InChI=1S/C23H36O2/c1-3-5-6-7-8-9-10-12-17-22(23(24)25)19-18-20(4-2)21-15-13-11-14-16-21/h11,13-16,19-20H,3-10,12,17-18H2,1-2H3,(H,24,25). The number of carboxylic acid groups (broad SMARTS) is 1. The van der Waals surface area contributed by atoms with Gasteiger partial charge in [-0.05, 0) is 37.2 Å². The van der Waals surface area contributed by atoms with Gasteiger partial charge in [0, 0.05) is 5.57 Å². The molecule has 1 aromatic rings. The van der Waals surface area contributed by atoms with Crippen molar-refractivity contribution in [3.05, 3.63) is 47.5 Å². The molecule has 140 valence electrons. The monoisotopic (exact) mass is 344 g/mol. The predicted molar refractivity (Wildman–Crippen MR) is 107 cm³/mol.